The van der Waals surface area contributed by atoms with E-state index >= 15 is 0 Å². The molecule has 0 fully saturated rings. The monoisotopic (exact) mass is 296 g/mol. The number of aliphatic carboxylic acids is 2. The van der Waals surface area contributed by atoms with E-state index in [2.05, 4.69) is 15.3 Å². The SMILES string of the molecule is CN(CC(=O)NC(CCC(=O)O)C(=O)O)c1ncccn1. The zero-order valence-electron chi connectivity index (χ0n) is 11.4. The molecule has 0 aliphatic rings. The number of likely N-dealkylation sites (N-methyl/N-ethyl adjacent to an activating group) is 1. The first-order valence-corrected chi connectivity index (χ1v) is 6.12. The summed E-state index contributed by atoms with van der Waals surface area (Å²) in [5, 5.41) is 19.8. The highest BCUT2D eigenvalue weighted by Gasteiger charge is 2.21. The maximum absolute atomic E-state index is 11.8. The fourth-order valence-electron chi connectivity index (χ4n) is 1.54. The molecule has 3 N–H and O–H groups in total. The number of rotatable bonds is 8. The van der Waals surface area contributed by atoms with Crippen molar-refractivity contribution in [2.45, 2.75) is 18.9 Å². The normalized spacial score (nSPS) is 11.5. The predicted molar refractivity (Wildman–Crippen MR) is 71.7 cm³/mol. The Bertz CT molecular complexity index is 508. The van der Waals surface area contributed by atoms with Crippen molar-refractivity contribution in [3.8, 4) is 0 Å². The highest BCUT2D eigenvalue weighted by Crippen LogP contribution is 2.02. The number of carbonyl (C=O) groups excluding carboxylic acids is 1. The van der Waals surface area contributed by atoms with Gasteiger partial charge in [0.25, 0.3) is 0 Å². The van der Waals surface area contributed by atoms with Crippen LogP contribution >= 0.6 is 0 Å². The van der Waals surface area contributed by atoms with Crippen molar-refractivity contribution in [1.29, 1.82) is 0 Å². The van der Waals surface area contributed by atoms with Crippen LogP contribution in [0.2, 0.25) is 0 Å². The number of carboxylic acids is 2. The molecule has 114 valence electrons. The van der Waals surface area contributed by atoms with E-state index < -0.39 is 23.9 Å². The van der Waals surface area contributed by atoms with Crippen molar-refractivity contribution in [1.82, 2.24) is 15.3 Å². The molecule has 1 unspecified atom stereocenters. The third-order valence-corrected chi connectivity index (χ3v) is 2.55. The van der Waals surface area contributed by atoms with Crippen molar-refractivity contribution in [2.24, 2.45) is 0 Å². The zero-order valence-corrected chi connectivity index (χ0v) is 11.4. The van der Waals surface area contributed by atoms with E-state index in [1.54, 1.807) is 13.1 Å². The number of nitrogens with one attached hydrogen (secondary N) is 1. The molecule has 0 bridgehead atoms. The maximum atomic E-state index is 11.8. The van der Waals surface area contributed by atoms with Gasteiger partial charge in [-0.2, -0.15) is 0 Å². The third kappa shape index (κ3) is 5.85. The van der Waals surface area contributed by atoms with Crippen LogP contribution in [0.4, 0.5) is 5.95 Å². The van der Waals surface area contributed by atoms with Gasteiger partial charge in [-0.25, -0.2) is 14.8 Å². The summed E-state index contributed by atoms with van der Waals surface area (Å²) >= 11 is 0. The number of aromatic nitrogens is 2. The van der Waals surface area contributed by atoms with Crippen molar-refractivity contribution in [3.63, 3.8) is 0 Å². The minimum absolute atomic E-state index is 0.138. The van der Waals surface area contributed by atoms with Gasteiger partial charge in [0.05, 0.1) is 6.54 Å². The Kier molecular flexibility index (Phi) is 6.05. The number of hydrogen-bond donors (Lipinski definition) is 3. The Labute approximate surface area is 120 Å². The number of carbonyl (C=O) groups is 3. The second-order valence-corrected chi connectivity index (χ2v) is 4.30. The van der Waals surface area contributed by atoms with Gasteiger partial charge in [-0.15, -0.1) is 0 Å². The van der Waals surface area contributed by atoms with Crippen molar-refractivity contribution in [3.05, 3.63) is 18.5 Å². The van der Waals surface area contributed by atoms with Crippen LogP contribution in [0.15, 0.2) is 18.5 Å². The van der Waals surface area contributed by atoms with Crippen LogP contribution in [0.5, 0.6) is 0 Å². The fraction of sp³-hybridized carbons (Fsp3) is 0.417. The molecule has 1 atom stereocenters. The topological polar surface area (TPSA) is 133 Å². The molecule has 0 spiro atoms. The summed E-state index contributed by atoms with van der Waals surface area (Å²) < 4.78 is 0. The molecular formula is C12H16N4O5. The summed E-state index contributed by atoms with van der Waals surface area (Å²) in [6.07, 6.45) is 2.52. The van der Waals surface area contributed by atoms with Gasteiger partial charge in [-0.05, 0) is 12.5 Å². The highest BCUT2D eigenvalue weighted by atomic mass is 16.4. The molecule has 0 saturated carbocycles. The first kappa shape index (κ1) is 16.3. The van der Waals surface area contributed by atoms with Crippen LogP contribution in [-0.2, 0) is 14.4 Å². The number of hydrogen-bond acceptors (Lipinski definition) is 6. The van der Waals surface area contributed by atoms with Crippen LogP contribution in [0.1, 0.15) is 12.8 Å². The second-order valence-electron chi connectivity index (χ2n) is 4.30. The van der Waals surface area contributed by atoms with E-state index in [-0.39, 0.29) is 19.4 Å². The number of amides is 1. The van der Waals surface area contributed by atoms with Gasteiger partial charge < -0.3 is 20.4 Å². The average Bonchev–Trinajstić information content (AvgIpc) is 2.43. The standard InChI is InChI=1S/C12H16N4O5/c1-16(12-13-5-2-6-14-12)7-9(17)15-8(11(20)21)3-4-10(18)19/h2,5-6,8H,3-4,7H2,1H3,(H,15,17)(H,18,19)(H,20,21). The average molecular weight is 296 g/mol. The molecule has 1 aromatic heterocycles. The van der Waals surface area contributed by atoms with E-state index in [1.165, 1.54) is 17.3 Å². The lowest BCUT2D eigenvalue weighted by Gasteiger charge is -2.18. The molecule has 1 aromatic rings. The molecule has 9 nitrogen and oxygen atoms in total. The van der Waals surface area contributed by atoms with Gasteiger partial charge in [0, 0.05) is 25.9 Å². The number of nitrogens with zero attached hydrogens (tertiary/aromatic N) is 3. The lowest BCUT2D eigenvalue weighted by Crippen LogP contribution is -2.45. The summed E-state index contributed by atoms with van der Waals surface area (Å²) in [4.78, 5) is 42.5. The molecule has 0 radical (unpaired) electrons. The lowest BCUT2D eigenvalue weighted by atomic mass is 10.1. The van der Waals surface area contributed by atoms with Crippen LogP contribution in [0.25, 0.3) is 0 Å². The van der Waals surface area contributed by atoms with Crippen LogP contribution in [0.3, 0.4) is 0 Å². The van der Waals surface area contributed by atoms with Gasteiger partial charge in [-0.3, -0.25) is 9.59 Å². The largest absolute Gasteiger partial charge is 0.481 e. The molecule has 0 saturated heterocycles. The van der Waals surface area contributed by atoms with E-state index in [1.807, 2.05) is 0 Å². The summed E-state index contributed by atoms with van der Waals surface area (Å²) in [6, 6.07) is 0.391. The minimum atomic E-state index is -1.27. The fourth-order valence-corrected chi connectivity index (χ4v) is 1.54. The first-order valence-electron chi connectivity index (χ1n) is 6.12. The lowest BCUT2D eigenvalue weighted by molar-refractivity contribution is -0.142. The van der Waals surface area contributed by atoms with Crippen molar-refractivity contribution in [2.75, 3.05) is 18.5 Å². The molecule has 21 heavy (non-hydrogen) atoms. The maximum Gasteiger partial charge on any atom is 0.326 e. The van der Waals surface area contributed by atoms with Gasteiger partial charge in [-0.1, -0.05) is 0 Å². The minimum Gasteiger partial charge on any atom is -0.481 e. The first-order chi connectivity index (χ1) is 9.90. The van der Waals surface area contributed by atoms with Crippen LogP contribution in [0, 0.1) is 0 Å². The Hall–Kier alpha value is -2.71. The van der Waals surface area contributed by atoms with Crippen molar-refractivity contribution < 1.29 is 24.6 Å². The molecule has 1 amide bonds. The molecular weight excluding hydrogens is 280 g/mol. The van der Waals surface area contributed by atoms with Crippen LogP contribution < -0.4 is 10.2 Å². The molecule has 1 heterocycles. The molecule has 1 rings (SSSR count). The third-order valence-electron chi connectivity index (χ3n) is 2.55. The van der Waals surface area contributed by atoms with E-state index in [9.17, 15) is 14.4 Å². The quantitative estimate of drug-likeness (QED) is 0.576. The Balaban J connectivity index is 2.54. The smallest absolute Gasteiger partial charge is 0.326 e. The Morgan fingerprint density at radius 2 is 1.90 bits per heavy atom. The molecule has 0 aliphatic carbocycles. The summed E-state index contributed by atoms with van der Waals surface area (Å²) in [5.41, 5.74) is 0. The molecule has 0 aromatic carbocycles. The van der Waals surface area contributed by atoms with E-state index in [0.717, 1.165) is 0 Å². The summed E-state index contributed by atoms with van der Waals surface area (Å²) in [6.45, 7) is -0.138. The van der Waals surface area contributed by atoms with Gasteiger partial charge in [0.15, 0.2) is 0 Å². The Morgan fingerprint density at radius 3 is 2.43 bits per heavy atom. The number of carboxylic acid groups (broad SMARTS) is 2. The summed E-state index contributed by atoms with van der Waals surface area (Å²) in [7, 11) is 1.59. The summed E-state index contributed by atoms with van der Waals surface area (Å²) in [5.74, 6) is -2.62. The Morgan fingerprint density at radius 1 is 1.29 bits per heavy atom. The zero-order chi connectivity index (χ0) is 15.8. The predicted octanol–water partition coefficient (Wildman–Crippen LogP) is -0.653. The molecule has 9 heteroatoms. The van der Waals surface area contributed by atoms with Gasteiger partial charge in [0.1, 0.15) is 6.04 Å². The van der Waals surface area contributed by atoms with Crippen molar-refractivity contribution >= 4 is 23.8 Å². The van der Waals surface area contributed by atoms with E-state index in [4.69, 9.17) is 10.2 Å². The van der Waals surface area contributed by atoms with E-state index in [0.29, 0.717) is 5.95 Å². The van der Waals surface area contributed by atoms with Gasteiger partial charge in [0.2, 0.25) is 11.9 Å². The molecule has 0 aliphatic heterocycles. The van der Waals surface area contributed by atoms with Crippen LogP contribution in [-0.4, -0.2) is 57.7 Å². The highest BCUT2D eigenvalue weighted by molar-refractivity contribution is 5.86. The second kappa shape index (κ2) is 7.78. The van der Waals surface area contributed by atoms with Gasteiger partial charge >= 0.3 is 11.9 Å². The number of anilines is 1.